The minimum absolute atomic E-state index is 0.192. The molecule has 1 aliphatic heterocycles. The van der Waals surface area contributed by atoms with Crippen molar-refractivity contribution in [2.24, 2.45) is 0 Å². The van der Waals surface area contributed by atoms with Gasteiger partial charge in [-0.3, -0.25) is 10.1 Å². The van der Waals surface area contributed by atoms with Crippen LogP contribution >= 0.6 is 0 Å². The summed E-state index contributed by atoms with van der Waals surface area (Å²) in [5.74, 6) is -0.244. The van der Waals surface area contributed by atoms with Crippen molar-refractivity contribution in [3.63, 3.8) is 0 Å². The van der Waals surface area contributed by atoms with Gasteiger partial charge in [-0.05, 0) is 19.4 Å². The molecule has 1 rings (SSSR count). The van der Waals surface area contributed by atoms with Crippen LogP contribution in [0.25, 0.3) is 0 Å². The zero-order chi connectivity index (χ0) is 8.97. The fourth-order valence-corrected chi connectivity index (χ4v) is 1.17. The highest BCUT2D eigenvalue weighted by molar-refractivity contribution is 5.96. The van der Waals surface area contributed by atoms with E-state index in [2.05, 4.69) is 16.0 Å². The number of amides is 3. The number of nitrogens with one attached hydrogen (secondary N) is 3. The molecule has 5 heteroatoms. The summed E-state index contributed by atoms with van der Waals surface area (Å²) in [4.78, 5) is 21.9. The van der Waals surface area contributed by atoms with Crippen LogP contribution in [0.15, 0.2) is 0 Å². The number of hydrogen-bond donors (Lipinski definition) is 3. The van der Waals surface area contributed by atoms with Crippen molar-refractivity contribution in [3.8, 4) is 0 Å². The summed E-state index contributed by atoms with van der Waals surface area (Å²) in [6.45, 7) is 0.853. The summed E-state index contributed by atoms with van der Waals surface area (Å²) in [6, 6.07) is -0.643. The monoisotopic (exact) mass is 171 g/mol. The summed E-state index contributed by atoms with van der Waals surface area (Å²) in [7, 11) is 1.48. The summed E-state index contributed by atoms with van der Waals surface area (Å²) in [6.07, 6.45) is 1.80. The molecule has 1 saturated heterocycles. The molecule has 0 bridgehead atoms. The second-order valence-corrected chi connectivity index (χ2v) is 2.72. The van der Waals surface area contributed by atoms with Crippen LogP contribution in [-0.2, 0) is 4.79 Å². The molecule has 0 aliphatic carbocycles. The molecule has 0 aromatic carbocycles. The van der Waals surface area contributed by atoms with Gasteiger partial charge in [0.2, 0.25) is 5.91 Å². The standard InChI is InChI=1S/C7H13N3O2/c1-8-7(12)10-6(11)5-3-2-4-9-5/h5,9H,2-4H2,1H3,(H2,8,10,11,12)/t5-/m1/s1. The SMILES string of the molecule is CNC(=O)NC(=O)[C@H]1CCCN1. The lowest BCUT2D eigenvalue weighted by Gasteiger charge is -2.08. The molecule has 0 aromatic heterocycles. The Morgan fingerprint density at radius 3 is 2.75 bits per heavy atom. The molecule has 0 aromatic rings. The highest BCUT2D eigenvalue weighted by atomic mass is 16.2. The van der Waals surface area contributed by atoms with Gasteiger partial charge in [-0.25, -0.2) is 4.79 Å². The van der Waals surface area contributed by atoms with Crippen molar-refractivity contribution in [1.82, 2.24) is 16.0 Å². The first-order valence-corrected chi connectivity index (χ1v) is 4.00. The van der Waals surface area contributed by atoms with Gasteiger partial charge < -0.3 is 10.6 Å². The van der Waals surface area contributed by atoms with Crippen LogP contribution in [0.2, 0.25) is 0 Å². The summed E-state index contributed by atoms with van der Waals surface area (Å²) >= 11 is 0. The lowest BCUT2D eigenvalue weighted by molar-refractivity contribution is -0.121. The van der Waals surface area contributed by atoms with Crippen LogP contribution in [0.1, 0.15) is 12.8 Å². The number of carbonyl (C=O) groups excluding carboxylic acids is 2. The van der Waals surface area contributed by atoms with Gasteiger partial charge in [0.1, 0.15) is 0 Å². The number of rotatable bonds is 1. The number of urea groups is 1. The summed E-state index contributed by atoms with van der Waals surface area (Å²) < 4.78 is 0. The fourth-order valence-electron chi connectivity index (χ4n) is 1.17. The maximum absolute atomic E-state index is 11.2. The highest BCUT2D eigenvalue weighted by Gasteiger charge is 2.22. The Labute approximate surface area is 70.9 Å². The van der Waals surface area contributed by atoms with Gasteiger partial charge in [0, 0.05) is 7.05 Å². The van der Waals surface area contributed by atoms with Crippen molar-refractivity contribution < 1.29 is 9.59 Å². The van der Waals surface area contributed by atoms with Crippen molar-refractivity contribution in [2.75, 3.05) is 13.6 Å². The van der Waals surface area contributed by atoms with Gasteiger partial charge in [0.05, 0.1) is 6.04 Å². The van der Waals surface area contributed by atoms with Crippen molar-refractivity contribution in [1.29, 1.82) is 0 Å². The molecule has 1 atom stereocenters. The quantitative estimate of drug-likeness (QED) is 0.483. The molecular formula is C7H13N3O2. The minimum Gasteiger partial charge on any atom is -0.341 e. The molecular weight excluding hydrogens is 158 g/mol. The van der Waals surface area contributed by atoms with E-state index in [-0.39, 0.29) is 11.9 Å². The van der Waals surface area contributed by atoms with E-state index in [1.807, 2.05) is 0 Å². The number of carbonyl (C=O) groups is 2. The first kappa shape index (κ1) is 8.99. The normalized spacial score (nSPS) is 21.9. The third kappa shape index (κ3) is 2.20. The topological polar surface area (TPSA) is 70.2 Å². The van der Waals surface area contributed by atoms with Gasteiger partial charge in [-0.2, -0.15) is 0 Å². The summed E-state index contributed by atoms with van der Waals surface area (Å²) in [5.41, 5.74) is 0. The predicted molar refractivity (Wildman–Crippen MR) is 43.6 cm³/mol. The van der Waals surface area contributed by atoms with Gasteiger partial charge in [-0.15, -0.1) is 0 Å². The largest absolute Gasteiger partial charge is 0.341 e. The van der Waals surface area contributed by atoms with Crippen LogP contribution in [0, 0.1) is 0 Å². The number of imide groups is 1. The highest BCUT2D eigenvalue weighted by Crippen LogP contribution is 2.03. The van der Waals surface area contributed by atoms with Gasteiger partial charge in [-0.1, -0.05) is 0 Å². The Morgan fingerprint density at radius 1 is 1.50 bits per heavy atom. The molecule has 68 valence electrons. The number of hydrogen-bond acceptors (Lipinski definition) is 3. The molecule has 1 fully saturated rings. The lowest BCUT2D eigenvalue weighted by Crippen LogP contribution is -2.46. The zero-order valence-corrected chi connectivity index (χ0v) is 7.02. The maximum Gasteiger partial charge on any atom is 0.321 e. The molecule has 0 saturated carbocycles. The summed E-state index contributed by atoms with van der Waals surface area (Å²) in [5, 5.41) is 7.53. The maximum atomic E-state index is 11.2. The second kappa shape index (κ2) is 4.06. The Bertz CT molecular complexity index is 187. The van der Waals surface area contributed by atoms with Gasteiger partial charge >= 0.3 is 6.03 Å². The van der Waals surface area contributed by atoms with Crippen molar-refractivity contribution in [2.45, 2.75) is 18.9 Å². The van der Waals surface area contributed by atoms with E-state index in [1.54, 1.807) is 0 Å². The Hall–Kier alpha value is -1.10. The molecule has 0 radical (unpaired) electrons. The van der Waals surface area contributed by atoms with Crippen molar-refractivity contribution >= 4 is 11.9 Å². The van der Waals surface area contributed by atoms with Crippen LogP contribution < -0.4 is 16.0 Å². The minimum atomic E-state index is -0.450. The van der Waals surface area contributed by atoms with E-state index in [4.69, 9.17) is 0 Å². The molecule has 0 unspecified atom stereocenters. The molecule has 1 aliphatic rings. The Morgan fingerprint density at radius 2 is 2.25 bits per heavy atom. The fraction of sp³-hybridized carbons (Fsp3) is 0.714. The molecule has 12 heavy (non-hydrogen) atoms. The van der Waals surface area contributed by atoms with Crippen LogP contribution in [0.4, 0.5) is 4.79 Å². The molecule has 3 amide bonds. The zero-order valence-electron chi connectivity index (χ0n) is 7.02. The van der Waals surface area contributed by atoms with Crippen LogP contribution in [-0.4, -0.2) is 31.6 Å². The molecule has 1 heterocycles. The predicted octanol–water partition coefficient (Wildman–Crippen LogP) is -0.806. The first-order chi connectivity index (χ1) is 5.74. The average Bonchev–Trinajstić information content (AvgIpc) is 2.56. The molecule has 5 nitrogen and oxygen atoms in total. The lowest BCUT2D eigenvalue weighted by atomic mass is 10.2. The first-order valence-electron chi connectivity index (χ1n) is 4.00. The van der Waals surface area contributed by atoms with Crippen LogP contribution in [0.3, 0.4) is 0 Å². The van der Waals surface area contributed by atoms with Gasteiger partial charge in [0.25, 0.3) is 0 Å². The van der Waals surface area contributed by atoms with E-state index in [0.717, 1.165) is 19.4 Å². The molecule has 3 N–H and O–H groups in total. The van der Waals surface area contributed by atoms with E-state index in [9.17, 15) is 9.59 Å². The van der Waals surface area contributed by atoms with E-state index < -0.39 is 6.03 Å². The Balaban J connectivity index is 2.32. The van der Waals surface area contributed by atoms with E-state index in [1.165, 1.54) is 7.05 Å². The third-order valence-corrected chi connectivity index (χ3v) is 1.84. The average molecular weight is 171 g/mol. The van der Waals surface area contributed by atoms with Crippen LogP contribution in [0.5, 0.6) is 0 Å². The molecule has 0 spiro atoms. The van der Waals surface area contributed by atoms with Gasteiger partial charge in [0.15, 0.2) is 0 Å². The van der Waals surface area contributed by atoms with E-state index in [0.29, 0.717) is 0 Å². The third-order valence-electron chi connectivity index (χ3n) is 1.84. The smallest absolute Gasteiger partial charge is 0.321 e. The van der Waals surface area contributed by atoms with E-state index >= 15 is 0 Å². The second-order valence-electron chi connectivity index (χ2n) is 2.72. The van der Waals surface area contributed by atoms with Crippen molar-refractivity contribution in [3.05, 3.63) is 0 Å². The Kier molecular flexibility index (Phi) is 3.04.